The van der Waals surface area contributed by atoms with Crippen LogP contribution in [0.15, 0.2) is 0 Å². The van der Waals surface area contributed by atoms with Gasteiger partial charge in [-0.3, -0.25) is 4.79 Å². The molecule has 0 rings (SSSR count). The van der Waals surface area contributed by atoms with Crippen LogP contribution in [0.2, 0.25) is 0 Å². The van der Waals surface area contributed by atoms with E-state index in [1.165, 1.54) is 0 Å². The van der Waals surface area contributed by atoms with Crippen molar-refractivity contribution in [1.29, 1.82) is 0 Å². The van der Waals surface area contributed by atoms with E-state index in [0.29, 0.717) is 12.6 Å². The van der Waals surface area contributed by atoms with Gasteiger partial charge in [0.15, 0.2) is 0 Å². The maximum absolute atomic E-state index is 11.6. The highest BCUT2D eigenvalue weighted by Gasteiger charge is 2.12. The molecule has 0 saturated heterocycles. The Kier molecular flexibility index (Phi) is 9.59. The second-order valence-corrected chi connectivity index (χ2v) is 5.40. The molecule has 0 aromatic carbocycles. The molecule has 0 spiro atoms. The van der Waals surface area contributed by atoms with Crippen LogP contribution < -0.4 is 11.1 Å². The minimum atomic E-state index is -0.364. The maximum atomic E-state index is 11.6. The predicted molar refractivity (Wildman–Crippen MR) is 76.4 cm³/mol. The Bertz CT molecular complexity index is 214. The van der Waals surface area contributed by atoms with Gasteiger partial charge in [-0.1, -0.05) is 6.92 Å². The fourth-order valence-corrected chi connectivity index (χ4v) is 1.88. The molecule has 0 saturated carbocycles. The number of nitrogens with two attached hydrogens (primary N) is 1. The quantitative estimate of drug-likeness (QED) is 0.648. The predicted octanol–water partition coefficient (Wildman–Crippen LogP) is 0.913. The highest BCUT2D eigenvalue weighted by molar-refractivity contribution is 7.98. The molecule has 3 N–H and O–H groups in total. The number of hydrogen-bond donors (Lipinski definition) is 2. The summed E-state index contributed by atoms with van der Waals surface area (Å²) in [4.78, 5) is 13.8. The van der Waals surface area contributed by atoms with Crippen molar-refractivity contribution in [2.45, 2.75) is 38.8 Å². The van der Waals surface area contributed by atoms with Gasteiger partial charge in [0.25, 0.3) is 0 Å². The van der Waals surface area contributed by atoms with Gasteiger partial charge in [-0.2, -0.15) is 11.8 Å². The summed E-state index contributed by atoms with van der Waals surface area (Å²) in [5.74, 6) is 0.901. The molecule has 1 unspecified atom stereocenters. The molecular weight excluding hydrogens is 234 g/mol. The van der Waals surface area contributed by atoms with E-state index in [9.17, 15) is 4.79 Å². The van der Waals surface area contributed by atoms with Gasteiger partial charge in [-0.15, -0.1) is 0 Å². The van der Waals surface area contributed by atoms with Crippen LogP contribution in [0.25, 0.3) is 0 Å². The molecule has 0 aliphatic heterocycles. The zero-order chi connectivity index (χ0) is 13.3. The summed E-state index contributed by atoms with van der Waals surface area (Å²) in [5.41, 5.74) is 5.77. The number of nitrogens with one attached hydrogen (secondary N) is 1. The van der Waals surface area contributed by atoms with Crippen LogP contribution in [-0.4, -0.2) is 55.0 Å². The summed E-state index contributed by atoms with van der Waals surface area (Å²) >= 11 is 1.71. The van der Waals surface area contributed by atoms with Gasteiger partial charge in [0.2, 0.25) is 5.91 Å². The van der Waals surface area contributed by atoms with Gasteiger partial charge in [-0.25, -0.2) is 0 Å². The van der Waals surface area contributed by atoms with E-state index in [1.807, 2.05) is 6.26 Å². The minimum absolute atomic E-state index is 0.0309. The number of amides is 1. The van der Waals surface area contributed by atoms with E-state index in [-0.39, 0.29) is 11.9 Å². The first-order valence-electron chi connectivity index (χ1n) is 6.25. The highest BCUT2D eigenvalue weighted by Crippen LogP contribution is 2.00. The average molecular weight is 261 g/mol. The van der Waals surface area contributed by atoms with E-state index in [2.05, 4.69) is 31.1 Å². The standard InChI is InChI=1S/C12H27N3OS/c1-5-10(2)15(3)8-7-14-12(16)11(13)6-9-17-4/h10-11H,5-9,13H2,1-4H3,(H,14,16)/t10?,11-/m1/s1. The van der Waals surface area contributed by atoms with Crippen LogP contribution in [-0.2, 0) is 4.79 Å². The Hall–Kier alpha value is -0.260. The molecule has 0 radical (unpaired) electrons. The third-order valence-corrected chi connectivity index (χ3v) is 3.72. The first kappa shape index (κ1) is 16.7. The fraction of sp³-hybridized carbons (Fsp3) is 0.917. The van der Waals surface area contributed by atoms with E-state index in [4.69, 9.17) is 5.73 Å². The van der Waals surface area contributed by atoms with Crippen molar-refractivity contribution < 1.29 is 4.79 Å². The SMILES string of the molecule is CCC(C)N(C)CCNC(=O)[C@H](N)CCSC. The molecule has 0 heterocycles. The lowest BCUT2D eigenvalue weighted by Crippen LogP contribution is -2.44. The molecule has 4 nitrogen and oxygen atoms in total. The zero-order valence-corrected chi connectivity index (χ0v) is 12.3. The molecule has 17 heavy (non-hydrogen) atoms. The number of nitrogens with zero attached hydrogens (tertiary/aromatic N) is 1. The first-order valence-corrected chi connectivity index (χ1v) is 7.64. The highest BCUT2D eigenvalue weighted by atomic mass is 32.2. The zero-order valence-electron chi connectivity index (χ0n) is 11.5. The van der Waals surface area contributed by atoms with Crippen LogP contribution in [0.3, 0.4) is 0 Å². The molecule has 0 bridgehead atoms. The van der Waals surface area contributed by atoms with E-state index < -0.39 is 0 Å². The lowest BCUT2D eigenvalue weighted by atomic mass is 10.2. The maximum Gasteiger partial charge on any atom is 0.236 e. The normalized spacial score (nSPS) is 14.7. The second-order valence-electron chi connectivity index (χ2n) is 4.42. The van der Waals surface area contributed by atoms with Crippen molar-refractivity contribution in [3.63, 3.8) is 0 Å². The van der Waals surface area contributed by atoms with Crippen LogP contribution >= 0.6 is 11.8 Å². The number of rotatable bonds is 9. The molecule has 0 aliphatic rings. The number of thioether (sulfide) groups is 1. The van der Waals surface area contributed by atoms with Gasteiger partial charge in [-0.05, 0) is 38.8 Å². The topological polar surface area (TPSA) is 58.4 Å². The molecule has 0 fully saturated rings. The smallest absolute Gasteiger partial charge is 0.236 e. The van der Waals surface area contributed by atoms with Crippen molar-refractivity contribution in [1.82, 2.24) is 10.2 Å². The number of carbonyl (C=O) groups excluding carboxylic acids is 1. The van der Waals surface area contributed by atoms with Crippen molar-refractivity contribution in [2.24, 2.45) is 5.73 Å². The number of likely N-dealkylation sites (N-methyl/N-ethyl adjacent to an activating group) is 1. The molecule has 0 aromatic heterocycles. The molecule has 0 aliphatic carbocycles. The third kappa shape index (κ3) is 7.63. The summed E-state index contributed by atoms with van der Waals surface area (Å²) < 4.78 is 0. The van der Waals surface area contributed by atoms with E-state index in [1.54, 1.807) is 11.8 Å². The number of carbonyl (C=O) groups is 1. The first-order chi connectivity index (χ1) is 8.02. The van der Waals surface area contributed by atoms with Crippen LogP contribution in [0.5, 0.6) is 0 Å². The summed E-state index contributed by atoms with van der Waals surface area (Å²) in [6, 6.07) is 0.188. The molecule has 0 aromatic rings. The van der Waals surface area contributed by atoms with E-state index in [0.717, 1.165) is 25.1 Å². The summed E-state index contributed by atoms with van der Waals surface area (Å²) in [7, 11) is 2.08. The van der Waals surface area contributed by atoms with Gasteiger partial charge < -0.3 is 16.0 Å². The van der Waals surface area contributed by atoms with Crippen LogP contribution in [0.4, 0.5) is 0 Å². The number of hydrogen-bond acceptors (Lipinski definition) is 4. The second kappa shape index (κ2) is 9.74. The summed E-state index contributed by atoms with van der Waals surface area (Å²) in [6.07, 6.45) is 3.89. The molecular formula is C12H27N3OS. The van der Waals surface area contributed by atoms with Crippen molar-refractivity contribution >= 4 is 17.7 Å². The molecule has 2 atom stereocenters. The lowest BCUT2D eigenvalue weighted by molar-refractivity contribution is -0.122. The van der Waals surface area contributed by atoms with E-state index >= 15 is 0 Å². The Labute approximate surface area is 110 Å². The van der Waals surface area contributed by atoms with Crippen LogP contribution in [0.1, 0.15) is 26.7 Å². The van der Waals surface area contributed by atoms with Crippen molar-refractivity contribution in [3.8, 4) is 0 Å². The van der Waals surface area contributed by atoms with Gasteiger partial charge in [0, 0.05) is 19.1 Å². The van der Waals surface area contributed by atoms with Crippen molar-refractivity contribution in [2.75, 3.05) is 32.1 Å². The molecule has 102 valence electrons. The fourth-order valence-electron chi connectivity index (χ4n) is 1.39. The van der Waals surface area contributed by atoms with Gasteiger partial charge in [0.1, 0.15) is 0 Å². The van der Waals surface area contributed by atoms with Gasteiger partial charge >= 0.3 is 0 Å². The Morgan fingerprint density at radius 1 is 1.53 bits per heavy atom. The monoisotopic (exact) mass is 261 g/mol. The van der Waals surface area contributed by atoms with Gasteiger partial charge in [0.05, 0.1) is 6.04 Å². The van der Waals surface area contributed by atoms with Crippen molar-refractivity contribution in [3.05, 3.63) is 0 Å². The summed E-state index contributed by atoms with van der Waals surface area (Å²) in [6.45, 7) is 5.90. The lowest BCUT2D eigenvalue weighted by Gasteiger charge is -2.23. The largest absolute Gasteiger partial charge is 0.353 e. The Morgan fingerprint density at radius 3 is 2.71 bits per heavy atom. The Balaban J connectivity index is 3.70. The van der Waals surface area contributed by atoms with Crippen LogP contribution in [0, 0.1) is 0 Å². The molecule has 5 heteroatoms. The Morgan fingerprint density at radius 2 is 2.18 bits per heavy atom. The molecule has 1 amide bonds. The summed E-state index contributed by atoms with van der Waals surface area (Å²) in [5, 5.41) is 2.89. The average Bonchev–Trinajstić information content (AvgIpc) is 2.34. The third-order valence-electron chi connectivity index (χ3n) is 3.08. The minimum Gasteiger partial charge on any atom is -0.353 e.